The third-order valence-corrected chi connectivity index (χ3v) is 11.4. The van der Waals surface area contributed by atoms with Crippen LogP contribution in [0.2, 0.25) is 0 Å². The van der Waals surface area contributed by atoms with Crippen molar-refractivity contribution < 1.29 is 44.8 Å². The van der Waals surface area contributed by atoms with E-state index >= 15 is 0 Å². The molecule has 6 bridgehead atoms. The molecule has 6 N–H and O–H groups in total. The predicted octanol–water partition coefficient (Wildman–Crippen LogP) is 9.92. The number of allylic oxidation sites excluding steroid dienone is 5. The second-order valence-electron chi connectivity index (χ2n) is 14.7. The number of fused-ring (bicyclic) bond motifs is 5. The summed E-state index contributed by atoms with van der Waals surface area (Å²) in [6, 6.07) is 28.2. The van der Waals surface area contributed by atoms with Crippen LogP contribution >= 0.6 is 0 Å². The van der Waals surface area contributed by atoms with Gasteiger partial charge in [0.2, 0.25) is 0 Å². The van der Waals surface area contributed by atoms with Crippen LogP contribution in [0.25, 0.3) is 0 Å². The molecule has 5 aromatic rings. The third-order valence-electron chi connectivity index (χ3n) is 11.4. The van der Waals surface area contributed by atoms with Crippen molar-refractivity contribution in [2.24, 2.45) is 0 Å². The average Bonchev–Trinajstić information content (AvgIpc) is 3.20. The summed E-state index contributed by atoms with van der Waals surface area (Å²) in [5.74, 6) is 0.853. The maximum Gasteiger partial charge on any atom is 0.125 e. The van der Waals surface area contributed by atoms with Crippen molar-refractivity contribution >= 4 is 0 Å². The highest BCUT2D eigenvalue weighted by atomic mass is 16.5. The smallest absolute Gasteiger partial charge is 0.125 e. The van der Waals surface area contributed by atoms with Crippen molar-refractivity contribution in [3.8, 4) is 40.2 Å². The van der Waals surface area contributed by atoms with E-state index in [0.717, 1.165) is 33.4 Å². The van der Waals surface area contributed by atoms with E-state index in [1.54, 1.807) is 75.9 Å². The van der Waals surface area contributed by atoms with E-state index in [1.165, 1.54) is 0 Å². The molecule has 0 saturated heterocycles. The lowest BCUT2D eigenvalue weighted by Crippen LogP contribution is -2.13. The Hall–Kier alpha value is -6.48. The topological polar surface area (TPSA) is 149 Å². The Morgan fingerprint density at radius 1 is 0.474 bits per heavy atom. The molecule has 2 aliphatic rings. The van der Waals surface area contributed by atoms with Crippen molar-refractivity contribution in [2.45, 2.75) is 56.3 Å². The molecule has 0 radical (unpaired) electrons. The van der Waals surface area contributed by atoms with Gasteiger partial charge in [-0.1, -0.05) is 48.0 Å². The molecule has 9 nitrogen and oxygen atoms in total. The largest absolute Gasteiger partial charge is 0.508 e. The van der Waals surface area contributed by atoms with E-state index < -0.39 is 11.8 Å². The zero-order valence-electron chi connectivity index (χ0n) is 32.3. The fourth-order valence-corrected chi connectivity index (χ4v) is 8.41. The quantitative estimate of drug-likeness (QED) is 0.0993. The number of ether oxygens (including phenoxy) is 3. The lowest BCUT2D eigenvalue weighted by Gasteiger charge is -2.29. The van der Waals surface area contributed by atoms with E-state index in [2.05, 4.69) is 0 Å². The van der Waals surface area contributed by atoms with E-state index in [9.17, 15) is 30.6 Å². The van der Waals surface area contributed by atoms with Gasteiger partial charge in [0.15, 0.2) is 0 Å². The molecule has 0 aliphatic heterocycles. The zero-order chi connectivity index (χ0) is 40.2. The molecule has 3 unspecified atom stereocenters. The van der Waals surface area contributed by atoms with Crippen LogP contribution in [0.3, 0.4) is 0 Å². The number of methoxy groups -OCH3 is 3. The van der Waals surface area contributed by atoms with Crippen LogP contribution in [0.15, 0.2) is 132 Å². The summed E-state index contributed by atoms with van der Waals surface area (Å²) in [7, 11) is 4.73. The highest BCUT2D eigenvalue weighted by Crippen LogP contribution is 2.47. The number of aliphatic hydroxyl groups is 1. The number of aliphatic hydroxyl groups excluding tert-OH is 1. The first-order valence-electron chi connectivity index (χ1n) is 19.1. The highest BCUT2D eigenvalue weighted by molar-refractivity contribution is 5.57. The van der Waals surface area contributed by atoms with E-state index in [4.69, 9.17) is 14.2 Å². The highest BCUT2D eigenvalue weighted by Gasteiger charge is 2.30. The molecule has 9 heteroatoms. The van der Waals surface area contributed by atoms with Gasteiger partial charge in [-0.25, -0.2) is 0 Å². The Balaban J connectivity index is 1.53. The lowest BCUT2D eigenvalue weighted by molar-refractivity contribution is 0.272. The number of hydrogen-bond donors (Lipinski definition) is 6. The molecule has 7 rings (SSSR count). The number of phenolic OH excluding ortho intramolecular Hbond substituents is 5. The second-order valence-corrected chi connectivity index (χ2v) is 14.7. The summed E-state index contributed by atoms with van der Waals surface area (Å²) in [5.41, 5.74) is 7.10. The molecule has 57 heavy (non-hydrogen) atoms. The molecule has 0 spiro atoms. The van der Waals surface area contributed by atoms with E-state index in [0.29, 0.717) is 72.5 Å². The minimum absolute atomic E-state index is 0.0256. The van der Waals surface area contributed by atoms with Crippen molar-refractivity contribution in [3.05, 3.63) is 171 Å². The fraction of sp³-hybridized carbons (Fsp3) is 0.250. The van der Waals surface area contributed by atoms with Gasteiger partial charge in [-0.3, -0.25) is 0 Å². The minimum Gasteiger partial charge on any atom is -0.508 e. The molecular formula is C48H48O9. The van der Waals surface area contributed by atoms with Gasteiger partial charge in [0.1, 0.15) is 46.0 Å². The third kappa shape index (κ3) is 8.24. The number of rotatable bonds is 6. The Morgan fingerprint density at radius 2 is 0.947 bits per heavy atom. The van der Waals surface area contributed by atoms with E-state index in [1.807, 2.05) is 54.6 Å². The first-order chi connectivity index (χ1) is 27.6. The summed E-state index contributed by atoms with van der Waals surface area (Å²) < 4.78 is 17.5. The first kappa shape index (κ1) is 38.8. The molecule has 0 amide bonds. The van der Waals surface area contributed by atoms with Crippen LogP contribution < -0.4 is 9.47 Å². The number of aromatic hydroxyl groups is 5. The molecule has 5 aromatic carbocycles. The molecule has 0 saturated carbocycles. The van der Waals surface area contributed by atoms with Crippen LogP contribution in [0.5, 0.6) is 40.2 Å². The average molecular weight is 769 g/mol. The monoisotopic (exact) mass is 768 g/mol. The Kier molecular flexibility index (Phi) is 11.4. The molecule has 294 valence electrons. The molecule has 0 aromatic heterocycles. The predicted molar refractivity (Wildman–Crippen MR) is 219 cm³/mol. The molecule has 0 heterocycles. The molecule has 0 fully saturated rings. The Morgan fingerprint density at radius 3 is 1.47 bits per heavy atom. The SMILES string of the molecule is CO/C1=C/C(O)=C2\C=C(CC1)C(c1ccc(O)cc1)c1cc(c(OC)cc1O)CCC(c1ccc(O)cc1)c1cc(c(OC)cc1O)CCC2c1ccc(O)cc1. The molecule has 2 aliphatic carbocycles. The normalized spacial score (nSPS) is 20.9. The van der Waals surface area contributed by atoms with Gasteiger partial charge >= 0.3 is 0 Å². The van der Waals surface area contributed by atoms with Gasteiger partial charge in [0.25, 0.3) is 0 Å². The maximum atomic E-state index is 12.1. The molecule has 3 atom stereocenters. The minimum atomic E-state index is -0.521. The zero-order valence-corrected chi connectivity index (χ0v) is 32.3. The van der Waals surface area contributed by atoms with Crippen molar-refractivity contribution in [2.75, 3.05) is 21.3 Å². The number of hydrogen-bond acceptors (Lipinski definition) is 9. The van der Waals surface area contributed by atoms with Crippen LogP contribution in [0.4, 0.5) is 0 Å². The standard InChI is InChI=1S/C48H48O9/c1-55-37-19-10-33-24-41(43(52)25-37)39(29-6-15-35(50)16-7-29)20-11-31-22-40(44(53)26-46(31)56-2)38(28-4-13-34(49)14-5-28)21-12-32-23-42(45(54)27-47(32)57-3)48(33)30-8-17-36(51)18-9-30/h4-9,13-18,22-27,38-39,48-54H,10-12,19-21H2,1-3H3/b33-24?,37-25+,43-41-. The maximum absolute atomic E-state index is 12.1. The Bertz CT molecular complexity index is 2320. The van der Waals surface area contributed by atoms with Gasteiger partial charge in [-0.2, -0.15) is 0 Å². The lowest BCUT2D eigenvalue weighted by atomic mass is 9.76. The van der Waals surface area contributed by atoms with Crippen LogP contribution in [0.1, 0.15) is 82.4 Å². The van der Waals surface area contributed by atoms with Crippen molar-refractivity contribution in [1.82, 2.24) is 0 Å². The van der Waals surface area contributed by atoms with Gasteiger partial charge in [-0.05, 0) is 108 Å². The number of benzene rings is 5. The van der Waals surface area contributed by atoms with E-state index in [-0.39, 0.29) is 40.4 Å². The summed E-state index contributed by atoms with van der Waals surface area (Å²) in [4.78, 5) is 0. The fourth-order valence-electron chi connectivity index (χ4n) is 8.41. The summed E-state index contributed by atoms with van der Waals surface area (Å²) >= 11 is 0. The van der Waals surface area contributed by atoms with Crippen molar-refractivity contribution in [1.29, 1.82) is 0 Å². The van der Waals surface area contributed by atoms with Crippen LogP contribution in [-0.4, -0.2) is 52.0 Å². The first-order valence-corrected chi connectivity index (χ1v) is 19.1. The van der Waals surface area contributed by atoms with Gasteiger partial charge in [0, 0.05) is 59.1 Å². The van der Waals surface area contributed by atoms with Gasteiger partial charge in [0.05, 0.1) is 27.1 Å². The van der Waals surface area contributed by atoms with Gasteiger partial charge in [-0.15, -0.1) is 0 Å². The second kappa shape index (κ2) is 16.7. The summed E-state index contributed by atoms with van der Waals surface area (Å²) in [6.45, 7) is 0. The summed E-state index contributed by atoms with van der Waals surface area (Å²) in [5, 5.41) is 66.5. The molecular weight excluding hydrogens is 721 g/mol. The van der Waals surface area contributed by atoms with Crippen LogP contribution in [-0.2, 0) is 17.6 Å². The number of phenols is 5. The number of aryl methyl sites for hydroxylation is 2. The van der Waals surface area contributed by atoms with Crippen molar-refractivity contribution in [3.63, 3.8) is 0 Å². The Labute approximate surface area is 332 Å². The summed E-state index contributed by atoms with van der Waals surface area (Å²) in [6.07, 6.45) is 6.70. The van der Waals surface area contributed by atoms with Gasteiger partial charge < -0.3 is 44.8 Å². The van der Waals surface area contributed by atoms with Crippen LogP contribution in [0, 0.1) is 0 Å².